The predicted octanol–water partition coefficient (Wildman–Crippen LogP) is 4.86. The minimum absolute atomic E-state index is 0.846. The van der Waals surface area contributed by atoms with Crippen molar-refractivity contribution in [2.75, 3.05) is 6.54 Å². The number of rotatable bonds is 6. The molecule has 0 heterocycles. The molecule has 1 saturated carbocycles. The van der Waals surface area contributed by atoms with Crippen molar-refractivity contribution in [3.63, 3.8) is 0 Å². The van der Waals surface area contributed by atoms with Crippen LogP contribution in [-0.2, 0) is 6.54 Å². The molecule has 2 unspecified atom stereocenters. The number of nitrogens with one attached hydrogen (secondary N) is 1. The highest BCUT2D eigenvalue weighted by molar-refractivity contribution is 8.00. The normalized spacial score (nSPS) is 23.5. The Morgan fingerprint density at radius 1 is 1.16 bits per heavy atom. The van der Waals surface area contributed by atoms with Gasteiger partial charge in [0.1, 0.15) is 0 Å². The Labute approximate surface area is 122 Å². The molecule has 0 amide bonds. The lowest BCUT2D eigenvalue weighted by Crippen LogP contribution is -2.16. The first-order chi connectivity index (χ1) is 9.31. The fourth-order valence-corrected chi connectivity index (χ4v) is 4.20. The maximum absolute atomic E-state index is 3.37. The second-order valence-electron chi connectivity index (χ2n) is 5.61. The average molecular weight is 277 g/mol. The molecule has 0 aliphatic heterocycles. The van der Waals surface area contributed by atoms with Gasteiger partial charge in [0.05, 0.1) is 0 Å². The van der Waals surface area contributed by atoms with Crippen LogP contribution < -0.4 is 5.32 Å². The van der Waals surface area contributed by atoms with E-state index in [0.717, 1.165) is 24.3 Å². The lowest BCUT2D eigenvalue weighted by Gasteiger charge is -2.28. The van der Waals surface area contributed by atoms with Crippen LogP contribution in [0, 0.1) is 5.92 Å². The summed E-state index contributed by atoms with van der Waals surface area (Å²) in [4.78, 5) is 1.45. The molecule has 0 aromatic heterocycles. The first-order valence-electron chi connectivity index (χ1n) is 7.78. The SMILES string of the molecule is CCNCc1ccc(SC2CCCC(CC)C2)cc1. The largest absolute Gasteiger partial charge is 0.313 e. The van der Waals surface area contributed by atoms with Crippen molar-refractivity contribution in [2.45, 2.75) is 62.6 Å². The van der Waals surface area contributed by atoms with Crippen LogP contribution in [0.1, 0.15) is 51.5 Å². The Bertz CT molecular complexity index is 360. The van der Waals surface area contributed by atoms with Crippen LogP contribution in [0.3, 0.4) is 0 Å². The van der Waals surface area contributed by atoms with Crippen LogP contribution in [0.4, 0.5) is 0 Å². The minimum Gasteiger partial charge on any atom is -0.313 e. The van der Waals surface area contributed by atoms with E-state index < -0.39 is 0 Å². The Balaban J connectivity index is 1.85. The molecule has 1 aliphatic carbocycles. The summed E-state index contributed by atoms with van der Waals surface area (Å²) in [6.45, 7) is 6.52. The van der Waals surface area contributed by atoms with Gasteiger partial charge in [-0.15, -0.1) is 11.8 Å². The van der Waals surface area contributed by atoms with Gasteiger partial charge in [-0.3, -0.25) is 0 Å². The van der Waals surface area contributed by atoms with E-state index >= 15 is 0 Å². The second kappa shape index (κ2) is 7.96. The summed E-state index contributed by atoms with van der Waals surface area (Å²) in [5.41, 5.74) is 1.39. The van der Waals surface area contributed by atoms with Crippen LogP contribution in [-0.4, -0.2) is 11.8 Å². The zero-order valence-electron chi connectivity index (χ0n) is 12.3. The summed E-state index contributed by atoms with van der Waals surface area (Å²) in [7, 11) is 0. The Morgan fingerprint density at radius 2 is 1.95 bits per heavy atom. The van der Waals surface area contributed by atoms with Gasteiger partial charge in [0, 0.05) is 16.7 Å². The fraction of sp³-hybridized carbons (Fsp3) is 0.647. The lowest BCUT2D eigenvalue weighted by molar-refractivity contribution is 0.357. The highest BCUT2D eigenvalue weighted by Gasteiger charge is 2.21. The molecule has 1 N–H and O–H groups in total. The van der Waals surface area contributed by atoms with Crippen LogP contribution in [0.15, 0.2) is 29.2 Å². The summed E-state index contributed by atoms with van der Waals surface area (Å²) in [6.07, 6.45) is 7.06. The molecule has 2 atom stereocenters. The third kappa shape index (κ3) is 4.85. The first kappa shape index (κ1) is 14.9. The highest BCUT2D eigenvalue weighted by atomic mass is 32.2. The molecule has 0 saturated heterocycles. The van der Waals surface area contributed by atoms with E-state index in [-0.39, 0.29) is 0 Å². The van der Waals surface area contributed by atoms with Crippen molar-refractivity contribution in [2.24, 2.45) is 5.92 Å². The Hall–Kier alpha value is -0.470. The molecule has 0 bridgehead atoms. The average Bonchev–Trinajstić information content (AvgIpc) is 2.47. The van der Waals surface area contributed by atoms with Crippen molar-refractivity contribution in [3.8, 4) is 0 Å². The maximum atomic E-state index is 3.37. The van der Waals surface area contributed by atoms with Gasteiger partial charge in [0.25, 0.3) is 0 Å². The van der Waals surface area contributed by atoms with Gasteiger partial charge in [-0.2, -0.15) is 0 Å². The molecular formula is C17H27NS. The second-order valence-corrected chi connectivity index (χ2v) is 6.98. The number of thioether (sulfide) groups is 1. The van der Waals surface area contributed by atoms with Gasteiger partial charge in [-0.25, -0.2) is 0 Å². The van der Waals surface area contributed by atoms with Gasteiger partial charge in [-0.05, 0) is 43.0 Å². The zero-order chi connectivity index (χ0) is 13.5. The molecule has 1 aromatic carbocycles. The summed E-state index contributed by atoms with van der Waals surface area (Å²) in [6, 6.07) is 9.13. The van der Waals surface area contributed by atoms with Crippen molar-refractivity contribution in [1.82, 2.24) is 5.32 Å². The molecule has 106 valence electrons. The predicted molar refractivity (Wildman–Crippen MR) is 85.7 cm³/mol. The van der Waals surface area contributed by atoms with Gasteiger partial charge < -0.3 is 5.32 Å². The summed E-state index contributed by atoms with van der Waals surface area (Å²) >= 11 is 2.10. The molecule has 1 nitrogen and oxygen atoms in total. The summed E-state index contributed by atoms with van der Waals surface area (Å²) in [5, 5.41) is 4.22. The van der Waals surface area contributed by atoms with E-state index in [4.69, 9.17) is 0 Å². The molecule has 1 aromatic rings. The lowest BCUT2D eigenvalue weighted by atomic mass is 9.87. The quantitative estimate of drug-likeness (QED) is 0.797. The molecule has 0 radical (unpaired) electrons. The van der Waals surface area contributed by atoms with E-state index in [2.05, 4.69) is 55.2 Å². The van der Waals surface area contributed by atoms with Crippen molar-refractivity contribution in [1.29, 1.82) is 0 Å². The van der Waals surface area contributed by atoms with E-state index in [1.807, 2.05) is 0 Å². The van der Waals surface area contributed by atoms with E-state index in [0.29, 0.717) is 0 Å². The Morgan fingerprint density at radius 3 is 2.63 bits per heavy atom. The van der Waals surface area contributed by atoms with E-state index in [9.17, 15) is 0 Å². The monoisotopic (exact) mass is 277 g/mol. The zero-order valence-corrected chi connectivity index (χ0v) is 13.1. The van der Waals surface area contributed by atoms with Crippen molar-refractivity contribution >= 4 is 11.8 Å². The van der Waals surface area contributed by atoms with Crippen LogP contribution in [0.2, 0.25) is 0 Å². The van der Waals surface area contributed by atoms with E-state index in [1.165, 1.54) is 42.6 Å². The van der Waals surface area contributed by atoms with Crippen molar-refractivity contribution in [3.05, 3.63) is 29.8 Å². The molecule has 1 aliphatic rings. The van der Waals surface area contributed by atoms with Crippen LogP contribution in [0.5, 0.6) is 0 Å². The van der Waals surface area contributed by atoms with Gasteiger partial charge >= 0.3 is 0 Å². The van der Waals surface area contributed by atoms with Gasteiger partial charge in [0.2, 0.25) is 0 Å². The molecule has 2 rings (SSSR count). The third-order valence-corrected chi connectivity index (χ3v) is 5.42. The highest BCUT2D eigenvalue weighted by Crippen LogP contribution is 2.37. The topological polar surface area (TPSA) is 12.0 Å². The van der Waals surface area contributed by atoms with Crippen LogP contribution >= 0.6 is 11.8 Å². The molecule has 2 heteroatoms. The molecule has 19 heavy (non-hydrogen) atoms. The van der Waals surface area contributed by atoms with Crippen molar-refractivity contribution < 1.29 is 0 Å². The number of hydrogen-bond acceptors (Lipinski definition) is 2. The maximum Gasteiger partial charge on any atom is 0.0205 e. The minimum atomic E-state index is 0.846. The molecular weight excluding hydrogens is 250 g/mol. The van der Waals surface area contributed by atoms with Crippen LogP contribution in [0.25, 0.3) is 0 Å². The Kier molecular flexibility index (Phi) is 6.25. The molecule has 0 spiro atoms. The summed E-state index contributed by atoms with van der Waals surface area (Å²) in [5.74, 6) is 0.972. The standard InChI is InChI=1S/C17H27NS/c1-3-14-6-5-7-17(12-14)19-16-10-8-15(9-11-16)13-18-4-2/h8-11,14,17-18H,3-7,12-13H2,1-2H3. The fourth-order valence-electron chi connectivity index (χ4n) is 2.87. The smallest absolute Gasteiger partial charge is 0.0205 e. The third-order valence-electron chi connectivity index (χ3n) is 4.12. The van der Waals surface area contributed by atoms with E-state index in [1.54, 1.807) is 0 Å². The number of benzene rings is 1. The first-order valence-corrected chi connectivity index (χ1v) is 8.66. The molecule has 1 fully saturated rings. The number of hydrogen-bond donors (Lipinski definition) is 1. The van der Waals surface area contributed by atoms with Gasteiger partial charge in [-0.1, -0.05) is 45.2 Å². The van der Waals surface area contributed by atoms with Gasteiger partial charge in [0.15, 0.2) is 0 Å². The summed E-state index contributed by atoms with van der Waals surface area (Å²) < 4.78 is 0.